The minimum absolute atomic E-state index is 0.00997. The largest absolute Gasteiger partial charge is 0.421 e. The molecule has 2 amide bonds. The monoisotopic (exact) mass is 620 g/mol. The molecule has 9 heteroatoms. The van der Waals surface area contributed by atoms with Gasteiger partial charge >= 0.3 is 6.09 Å². The van der Waals surface area contributed by atoms with Gasteiger partial charge in [-0.2, -0.15) is 0 Å². The molecule has 0 spiro atoms. The van der Waals surface area contributed by atoms with Crippen molar-refractivity contribution in [3.8, 4) is 5.75 Å². The number of nitrogens with zero attached hydrogens (tertiary/aromatic N) is 5. The standard InChI is InChI=1S/C37H44N6O3/c1-7-42(8-2)20-19-41(6)36(44)28-13-15-30(16-14-28)40-32-23-29-11-9-10-12-31(29)34(32)43(33-17-18-38-24-39-33)37(45)46-35-26(4)21-25(3)22-27(35)5/h9-18,21-22,24,32,34,40H,7-8,19-20,23H2,1-6H3. The number of fused-ring (bicyclic) bond motifs is 1. The Kier molecular flexibility index (Phi) is 10.3. The van der Waals surface area contributed by atoms with Crippen molar-refractivity contribution in [2.45, 2.75) is 53.1 Å². The lowest BCUT2D eigenvalue weighted by Gasteiger charge is -2.33. The molecule has 0 bridgehead atoms. The van der Waals surface area contributed by atoms with Gasteiger partial charge in [-0.25, -0.2) is 14.8 Å². The maximum Gasteiger partial charge on any atom is 0.421 e. The SMILES string of the molecule is CCN(CC)CCN(C)C(=O)c1ccc(NC2Cc3ccccc3C2N(C(=O)Oc2c(C)cc(C)cc2C)c2ccncn2)cc1. The summed E-state index contributed by atoms with van der Waals surface area (Å²) in [6.07, 6.45) is 3.24. The molecule has 1 N–H and O–H groups in total. The van der Waals surface area contributed by atoms with E-state index in [-0.39, 0.29) is 11.9 Å². The molecular formula is C37H44N6O3. The fourth-order valence-electron chi connectivity index (χ4n) is 6.34. The van der Waals surface area contributed by atoms with Crippen molar-refractivity contribution in [2.24, 2.45) is 0 Å². The fourth-order valence-corrected chi connectivity index (χ4v) is 6.34. The number of aryl methyl sites for hydroxylation is 3. The van der Waals surface area contributed by atoms with Gasteiger partial charge in [-0.1, -0.05) is 55.8 Å². The first kappa shape index (κ1) is 32.6. The highest BCUT2D eigenvalue weighted by atomic mass is 16.6. The van der Waals surface area contributed by atoms with E-state index in [1.54, 1.807) is 22.1 Å². The molecule has 0 saturated heterocycles. The molecule has 4 aromatic rings. The van der Waals surface area contributed by atoms with Crippen molar-refractivity contribution < 1.29 is 14.3 Å². The summed E-state index contributed by atoms with van der Waals surface area (Å²) in [6, 6.07) is 20.9. The Morgan fingerprint density at radius 2 is 1.63 bits per heavy atom. The predicted molar refractivity (Wildman–Crippen MR) is 183 cm³/mol. The van der Waals surface area contributed by atoms with E-state index in [1.807, 2.05) is 76.3 Å². The van der Waals surface area contributed by atoms with Gasteiger partial charge in [-0.05, 0) is 92.9 Å². The van der Waals surface area contributed by atoms with Crippen molar-refractivity contribution >= 4 is 23.5 Å². The Hall–Kier alpha value is -4.76. The van der Waals surface area contributed by atoms with Crippen LogP contribution in [0.4, 0.5) is 16.3 Å². The molecule has 5 rings (SSSR count). The normalized spacial score (nSPS) is 15.4. The van der Waals surface area contributed by atoms with E-state index in [4.69, 9.17) is 4.74 Å². The second-order valence-corrected chi connectivity index (χ2v) is 12.0. The van der Waals surface area contributed by atoms with Crippen LogP contribution in [0.2, 0.25) is 0 Å². The molecule has 9 nitrogen and oxygen atoms in total. The van der Waals surface area contributed by atoms with Gasteiger partial charge in [0.15, 0.2) is 0 Å². The number of carbonyl (C=O) groups is 2. The van der Waals surface area contributed by atoms with Gasteiger partial charge < -0.3 is 19.9 Å². The number of nitrogens with one attached hydrogen (secondary N) is 1. The minimum atomic E-state index is -0.518. The van der Waals surface area contributed by atoms with Gasteiger partial charge in [0.1, 0.15) is 17.9 Å². The maximum absolute atomic E-state index is 14.2. The van der Waals surface area contributed by atoms with Crippen LogP contribution < -0.4 is 15.0 Å². The third kappa shape index (κ3) is 7.21. The summed E-state index contributed by atoms with van der Waals surface area (Å²) in [5, 5.41) is 3.66. The van der Waals surface area contributed by atoms with Crippen molar-refractivity contribution in [1.29, 1.82) is 0 Å². The predicted octanol–water partition coefficient (Wildman–Crippen LogP) is 6.60. The van der Waals surface area contributed by atoms with E-state index >= 15 is 0 Å². The van der Waals surface area contributed by atoms with E-state index in [0.29, 0.717) is 30.1 Å². The second kappa shape index (κ2) is 14.6. The minimum Gasteiger partial charge on any atom is -0.409 e. The summed E-state index contributed by atoms with van der Waals surface area (Å²) < 4.78 is 6.14. The van der Waals surface area contributed by atoms with Crippen LogP contribution in [0.5, 0.6) is 5.75 Å². The van der Waals surface area contributed by atoms with Gasteiger partial charge in [-0.3, -0.25) is 9.69 Å². The van der Waals surface area contributed by atoms with Gasteiger partial charge in [0.2, 0.25) is 0 Å². The molecule has 0 aliphatic heterocycles. The second-order valence-electron chi connectivity index (χ2n) is 12.0. The molecule has 1 heterocycles. The topological polar surface area (TPSA) is 90.9 Å². The lowest BCUT2D eigenvalue weighted by Crippen LogP contribution is -2.44. The summed E-state index contributed by atoms with van der Waals surface area (Å²) in [5.41, 5.74) is 6.54. The lowest BCUT2D eigenvalue weighted by atomic mass is 10.0. The average molecular weight is 621 g/mol. The zero-order valence-electron chi connectivity index (χ0n) is 27.7. The van der Waals surface area contributed by atoms with E-state index < -0.39 is 12.1 Å². The Morgan fingerprint density at radius 1 is 0.935 bits per heavy atom. The summed E-state index contributed by atoms with van der Waals surface area (Å²) in [5.74, 6) is 0.988. The van der Waals surface area contributed by atoms with Gasteiger partial charge in [0, 0.05) is 37.6 Å². The molecule has 2 atom stereocenters. The summed E-state index contributed by atoms with van der Waals surface area (Å²) in [4.78, 5) is 41.6. The highest BCUT2D eigenvalue weighted by molar-refractivity contribution is 5.94. The summed E-state index contributed by atoms with van der Waals surface area (Å²) >= 11 is 0. The molecule has 0 fully saturated rings. The van der Waals surface area contributed by atoms with Gasteiger partial charge in [0.05, 0.1) is 12.1 Å². The Labute approximate surface area is 272 Å². The van der Waals surface area contributed by atoms with Crippen LogP contribution in [0, 0.1) is 20.8 Å². The van der Waals surface area contributed by atoms with E-state index in [0.717, 1.165) is 53.1 Å². The fraction of sp³-hybridized carbons (Fsp3) is 0.351. The van der Waals surface area contributed by atoms with Crippen LogP contribution in [0.1, 0.15) is 58.1 Å². The number of hydrogen-bond acceptors (Lipinski definition) is 7. The molecule has 46 heavy (non-hydrogen) atoms. The van der Waals surface area contributed by atoms with Crippen LogP contribution in [-0.4, -0.2) is 71.0 Å². The highest BCUT2D eigenvalue weighted by Gasteiger charge is 2.41. The molecule has 0 radical (unpaired) electrons. The summed E-state index contributed by atoms with van der Waals surface area (Å²) in [7, 11) is 1.85. The molecule has 2 unspecified atom stereocenters. The van der Waals surface area contributed by atoms with Crippen LogP contribution in [0.15, 0.2) is 79.3 Å². The zero-order chi connectivity index (χ0) is 32.8. The van der Waals surface area contributed by atoms with Crippen LogP contribution >= 0.6 is 0 Å². The average Bonchev–Trinajstić information content (AvgIpc) is 3.41. The third-order valence-corrected chi connectivity index (χ3v) is 8.75. The first-order valence-electron chi connectivity index (χ1n) is 16.0. The summed E-state index contributed by atoms with van der Waals surface area (Å²) in [6.45, 7) is 13.6. The first-order valence-corrected chi connectivity index (χ1v) is 16.0. The molecule has 1 aliphatic rings. The number of rotatable bonds is 11. The number of hydrogen-bond donors (Lipinski definition) is 1. The van der Waals surface area contributed by atoms with Crippen LogP contribution in [0.3, 0.4) is 0 Å². The lowest BCUT2D eigenvalue weighted by molar-refractivity contribution is 0.0779. The number of amides is 2. The van der Waals surface area contributed by atoms with Crippen molar-refractivity contribution in [1.82, 2.24) is 19.8 Å². The quantitative estimate of drug-likeness (QED) is 0.202. The third-order valence-electron chi connectivity index (χ3n) is 8.75. The van der Waals surface area contributed by atoms with E-state index in [2.05, 4.69) is 46.2 Å². The van der Waals surface area contributed by atoms with Crippen LogP contribution in [-0.2, 0) is 6.42 Å². The maximum atomic E-state index is 14.2. The highest BCUT2D eigenvalue weighted by Crippen LogP contribution is 2.40. The molecule has 1 aliphatic carbocycles. The molecule has 1 aromatic heterocycles. The smallest absolute Gasteiger partial charge is 0.409 e. The van der Waals surface area contributed by atoms with E-state index in [9.17, 15) is 9.59 Å². The Bertz CT molecular complexity index is 1630. The van der Waals surface area contributed by atoms with E-state index in [1.165, 1.54) is 6.33 Å². The molecule has 240 valence electrons. The van der Waals surface area contributed by atoms with Crippen molar-refractivity contribution in [3.63, 3.8) is 0 Å². The number of aromatic nitrogens is 2. The van der Waals surface area contributed by atoms with Crippen LogP contribution in [0.25, 0.3) is 0 Å². The number of anilines is 2. The Morgan fingerprint density at radius 3 is 2.28 bits per heavy atom. The molecule has 0 saturated carbocycles. The van der Waals surface area contributed by atoms with Gasteiger partial charge in [0.25, 0.3) is 5.91 Å². The number of likely N-dealkylation sites (N-methyl/N-ethyl adjacent to an activating group) is 2. The van der Waals surface area contributed by atoms with Gasteiger partial charge in [-0.15, -0.1) is 0 Å². The van der Waals surface area contributed by atoms with Crippen molar-refractivity contribution in [2.75, 3.05) is 43.4 Å². The number of benzene rings is 3. The molecular weight excluding hydrogens is 576 g/mol. The molecule has 3 aromatic carbocycles. The number of carbonyl (C=O) groups excluding carboxylic acids is 2. The number of ether oxygens (including phenoxy) is 1. The first-order chi connectivity index (χ1) is 22.2. The van der Waals surface area contributed by atoms with Crippen molar-refractivity contribution in [3.05, 3.63) is 113 Å². The zero-order valence-corrected chi connectivity index (χ0v) is 27.7. The Balaban J connectivity index is 1.42.